The van der Waals surface area contributed by atoms with Gasteiger partial charge in [-0.05, 0) is 67.3 Å². The molecule has 0 spiro atoms. The topological polar surface area (TPSA) is 71.8 Å². The van der Waals surface area contributed by atoms with Crippen molar-refractivity contribution in [2.45, 2.75) is 25.3 Å². The molecule has 1 fully saturated rings. The number of amides is 1. The number of pyridine rings is 1. The Morgan fingerprint density at radius 1 is 1.11 bits per heavy atom. The van der Waals surface area contributed by atoms with Crippen LogP contribution in [0, 0.1) is 5.92 Å². The number of carbonyl (C=O) groups is 1. The second kappa shape index (κ2) is 6.96. The summed E-state index contributed by atoms with van der Waals surface area (Å²) < 4.78 is 11.2. The number of allylic oxidation sites excluding steroid dienone is 1. The van der Waals surface area contributed by atoms with E-state index in [0.717, 1.165) is 42.1 Å². The van der Waals surface area contributed by atoms with Crippen LogP contribution in [-0.4, -0.2) is 21.6 Å². The van der Waals surface area contributed by atoms with Crippen molar-refractivity contribution in [3.05, 3.63) is 84.0 Å². The minimum atomic E-state index is -0.264. The van der Waals surface area contributed by atoms with E-state index in [0.29, 0.717) is 5.69 Å². The van der Waals surface area contributed by atoms with E-state index in [2.05, 4.69) is 4.98 Å². The lowest BCUT2D eigenvalue weighted by Crippen LogP contribution is -2.32. The molecule has 3 aromatic rings. The number of hydrogen-bond donors (Lipinski definition) is 0. The van der Waals surface area contributed by atoms with E-state index < -0.39 is 0 Å². The van der Waals surface area contributed by atoms with Crippen LogP contribution in [0.3, 0.4) is 0 Å². The Hall–Kier alpha value is -3.41. The maximum absolute atomic E-state index is 13.2. The number of nitrogens with zero attached hydrogens (tertiary/aromatic N) is 3. The highest BCUT2D eigenvalue weighted by Crippen LogP contribution is 2.44. The molecule has 5 rings (SSSR count). The second-order valence-corrected chi connectivity index (χ2v) is 6.99. The summed E-state index contributed by atoms with van der Waals surface area (Å²) >= 11 is 0. The molecule has 140 valence electrons. The van der Waals surface area contributed by atoms with E-state index in [1.54, 1.807) is 41.9 Å². The zero-order valence-electron chi connectivity index (χ0n) is 15.2. The number of aromatic nitrogens is 1. The van der Waals surface area contributed by atoms with Gasteiger partial charge in [-0.15, -0.1) is 0 Å². The van der Waals surface area contributed by atoms with E-state index in [4.69, 9.17) is 13.9 Å². The number of hydrogen-bond acceptors (Lipinski definition) is 5. The number of furan rings is 2. The number of rotatable bonds is 3. The summed E-state index contributed by atoms with van der Waals surface area (Å²) in [5.74, 6) is 1.41. The van der Waals surface area contributed by atoms with Gasteiger partial charge in [0.05, 0.1) is 18.2 Å². The molecule has 2 aliphatic rings. The van der Waals surface area contributed by atoms with Gasteiger partial charge in [-0.25, -0.2) is 5.01 Å². The van der Waals surface area contributed by atoms with Crippen molar-refractivity contribution in [3.8, 4) is 0 Å². The fraction of sp³-hybridized carbons (Fsp3) is 0.227. The second-order valence-electron chi connectivity index (χ2n) is 6.99. The Labute approximate surface area is 162 Å². The average Bonchev–Trinajstić information content (AvgIpc) is 3.48. The third-order valence-electron chi connectivity index (χ3n) is 5.29. The average molecular weight is 373 g/mol. The van der Waals surface area contributed by atoms with Gasteiger partial charge in [0.2, 0.25) is 0 Å². The van der Waals surface area contributed by atoms with Crippen molar-refractivity contribution in [1.29, 1.82) is 0 Å². The number of carbonyl (C=O) groups excluding carboxylic acids is 1. The standard InChI is InChI=1S/C22H19N3O3/c26-22(18-9-1-2-11-23-18)25-21(19-10-5-13-28-19)17-8-3-6-15(20(17)24-25)14-16-7-4-12-27-16/h1-2,4-5,7,9-14,17,21H,3,6,8H2/b15-14-/t17-,21+/m1/s1. The van der Waals surface area contributed by atoms with Crippen molar-refractivity contribution < 1.29 is 13.6 Å². The molecule has 28 heavy (non-hydrogen) atoms. The lowest BCUT2D eigenvalue weighted by molar-refractivity contribution is 0.0650. The fourth-order valence-electron chi connectivity index (χ4n) is 4.06. The van der Waals surface area contributed by atoms with E-state index in [-0.39, 0.29) is 17.9 Å². The number of hydrazone groups is 1. The molecule has 1 amide bonds. The van der Waals surface area contributed by atoms with Crippen LogP contribution in [0.4, 0.5) is 0 Å². The Kier molecular flexibility index (Phi) is 4.16. The summed E-state index contributed by atoms with van der Waals surface area (Å²) in [5, 5.41) is 6.32. The van der Waals surface area contributed by atoms with Gasteiger partial charge < -0.3 is 8.83 Å². The van der Waals surface area contributed by atoms with Crippen molar-refractivity contribution in [1.82, 2.24) is 9.99 Å². The molecule has 1 saturated carbocycles. The van der Waals surface area contributed by atoms with Crippen molar-refractivity contribution in [3.63, 3.8) is 0 Å². The van der Waals surface area contributed by atoms with Crippen molar-refractivity contribution in [2.75, 3.05) is 0 Å². The summed E-state index contributed by atoms with van der Waals surface area (Å²) in [5.41, 5.74) is 2.42. The maximum Gasteiger partial charge on any atom is 0.293 e. The van der Waals surface area contributed by atoms with Crippen LogP contribution in [0.1, 0.15) is 47.3 Å². The van der Waals surface area contributed by atoms with Gasteiger partial charge in [0, 0.05) is 12.1 Å². The van der Waals surface area contributed by atoms with Crippen LogP contribution in [0.25, 0.3) is 6.08 Å². The third kappa shape index (κ3) is 2.87. The summed E-state index contributed by atoms with van der Waals surface area (Å²) in [4.78, 5) is 17.4. The lowest BCUT2D eigenvalue weighted by Gasteiger charge is -2.27. The van der Waals surface area contributed by atoms with Crippen LogP contribution >= 0.6 is 0 Å². The predicted octanol–water partition coefficient (Wildman–Crippen LogP) is 4.70. The first-order chi connectivity index (χ1) is 13.8. The summed E-state index contributed by atoms with van der Waals surface area (Å²) in [6, 6.07) is 12.6. The quantitative estimate of drug-likeness (QED) is 0.667. The van der Waals surface area contributed by atoms with E-state index in [1.165, 1.54) is 0 Å². The Morgan fingerprint density at radius 2 is 2.00 bits per heavy atom. The van der Waals surface area contributed by atoms with E-state index >= 15 is 0 Å². The molecule has 6 heteroatoms. The molecular weight excluding hydrogens is 354 g/mol. The molecular formula is C22H19N3O3. The van der Waals surface area contributed by atoms with E-state index in [1.807, 2.05) is 30.3 Å². The number of fused-ring (bicyclic) bond motifs is 1. The molecule has 2 atom stereocenters. The van der Waals surface area contributed by atoms with Gasteiger partial charge in [-0.1, -0.05) is 6.07 Å². The lowest BCUT2D eigenvalue weighted by atomic mass is 9.79. The molecule has 0 bridgehead atoms. The predicted molar refractivity (Wildman–Crippen MR) is 103 cm³/mol. The Bertz CT molecular complexity index is 1020. The SMILES string of the molecule is O=C(c1ccccn1)N1N=C2/C(=C\c3ccco3)CCC[C@H]2[C@H]1c1ccco1. The monoisotopic (exact) mass is 373 g/mol. The highest BCUT2D eigenvalue weighted by molar-refractivity contribution is 6.08. The minimum Gasteiger partial charge on any atom is -0.467 e. The zero-order chi connectivity index (χ0) is 18.9. The zero-order valence-corrected chi connectivity index (χ0v) is 15.2. The molecule has 1 aliphatic heterocycles. The first kappa shape index (κ1) is 16.7. The van der Waals surface area contributed by atoms with Gasteiger partial charge in [-0.2, -0.15) is 5.10 Å². The van der Waals surface area contributed by atoms with Gasteiger partial charge >= 0.3 is 0 Å². The summed E-state index contributed by atoms with van der Waals surface area (Å²) in [7, 11) is 0. The van der Waals surface area contributed by atoms with Gasteiger partial charge in [0.25, 0.3) is 5.91 Å². The van der Waals surface area contributed by atoms with Crippen LogP contribution in [-0.2, 0) is 0 Å². The Balaban J connectivity index is 1.57. The summed E-state index contributed by atoms with van der Waals surface area (Å²) in [6.45, 7) is 0. The van der Waals surface area contributed by atoms with Crippen molar-refractivity contribution >= 4 is 17.7 Å². The molecule has 3 aromatic heterocycles. The highest BCUT2D eigenvalue weighted by Gasteiger charge is 2.45. The van der Waals surface area contributed by atoms with Crippen LogP contribution in [0.2, 0.25) is 0 Å². The molecule has 0 radical (unpaired) electrons. The van der Waals surface area contributed by atoms with Crippen LogP contribution in [0.5, 0.6) is 0 Å². The fourth-order valence-corrected chi connectivity index (χ4v) is 4.06. The molecule has 1 aliphatic carbocycles. The smallest absolute Gasteiger partial charge is 0.293 e. The summed E-state index contributed by atoms with van der Waals surface area (Å²) in [6.07, 6.45) is 9.83. The van der Waals surface area contributed by atoms with Gasteiger partial charge in [0.1, 0.15) is 23.3 Å². The normalized spacial score (nSPS) is 22.9. The molecule has 6 nitrogen and oxygen atoms in total. The first-order valence-electron chi connectivity index (χ1n) is 9.42. The molecule has 4 heterocycles. The minimum absolute atomic E-state index is 0.0915. The molecule has 0 N–H and O–H groups in total. The Morgan fingerprint density at radius 3 is 2.75 bits per heavy atom. The first-order valence-corrected chi connectivity index (χ1v) is 9.42. The molecule has 0 aromatic carbocycles. The van der Waals surface area contributed by atoms with Crippen LogP contribution in [0.15, 0.2) is 80.7 Å². The maximum atomic E-state index is 13.2. The van der Waals surface area contributed by atoms with Gasteiger partial charge in [-0.3, -0.25) is 9.78 Å². The van der Waals surface area contributed by atoms with Crippen LogP contribution < -0.4 is 0 Å². The molecule has 0 unspecified atom stereocenters. The van der Waals surface area contributed by atoms with Crippen molar-refractivity contribution in [2.24, 2.45) is 11.0 Å². The largest absolute Gasteiger partial charge is 0.467 e. The third-order valence-corrected chi connectivity index (χ3v) is 5.29. The molecule has 0 saturated heterocycles. The van der Waals surface area contributed by atoms with Gasteiger partial charge in [0.15, 0.2) is 0 Å². The highest BCUT2D eigenvalue weighted by atomic mass is 16.3. The van der Waals surface area contributed by atoms with E-state index in [9.17, 15) is 4.79 Å².